The number of rotatable bonds is 9. The maximum absolute atomic E-state index is 14.0. The summed E-state index contributed by atoms with van der Waals surface area (Å²) in [5, 5.41) is 3.52. The Kier molecular flexibility index (Phi) is 7.04. The molecule has 0 spiro atoms. The van der Waals surface area contributed by atoms with Crippen molar-refractivity contribution < 1.29 is 13.9 Å². The van der Waals surface area contributed by atoms with Gasteiger partial charge in [-0.2, -0.15) is 0 Å². The van der Waals surface area contributed by atoms with Gasteiger partial charge in [0.25, 0.3) is 0 Å². The van der Waals surface area contributed by atoms with Crippen molar-refractivity contribution in [2.45, 2.75) is 33.0 Å². The molecule has 0 amide bonds. The van der Waals surface area contributed by atoms with Crippen LogP contribution in [-0.2, 0) is 13.2 Å². The molecule has 3 rings (SSSR count). The smallest absolute Gasteiger partial charge is 0.166 e. The van der Waals surface area contributed by atoms with Gasteiger partial charge in [-0.25, -0.2) is 4.39 Å². The molecule has 0 saturated carbocycles. The summed E-state index contributed by atoms with van der Waals surface area (Å²) in [5.41, 5.74) is 2.72. The van der Waals surface area contributed by atoms with Gasteiger partial charge in [-0.05, 0) is 31.5 Å². The Labute approximate surface area is 166 Å². The van der Waals surface area contributed by atoms with Crippen molar-refractivity contribution in [1.29, 1.82) is 0 Å². The first-order chi connectivity index (χ1) is 13.7. The number of benzene rings is 3. The fourth-order valence-corrected chi connectivity index (χ4v) is 3.02. The van der Waals surface area contributed by atoms with Crippen LogP contribution in [0.3, 0.4) is 0 Å². The molecule has 1 atom stereocenters. The standard InChI is InChI=1S/C24H26FNO2/c1-3-27-23-15-9-13-20(16-26-18(2)19-10-5-4-6-11-19)24(23)28-17-21-12-7-8-14-22(21)25/h4-15,18,26H,3,16-17H2,1-2H3/t18-/m1/s1. The van der Waals surface area contributed by atoms with E-state index in [0.29, 0.717) is 30.2 Å². The fraction of sp³-hybridized carbons (Fsp3) is 0.250. The second-order valence-corrected chi connectivity index (χ2v) is 6.57. The molecule has 3 nitrogen and oxygen atoms in total. The van der Waals surface area contributed by atoms with Crippen LogP contribution in [0.4, 0.5) is 4.39 Å². The van der Waals surface area contributed by atoms with E-state index in [1.165, 1.54) is 11.6 Å². The van der Waals surface area contributed by atoms with Crippen LogP contribution in [0.2, 0.25) is 0 Å². The van der Waals surface area contributed by atoms with Crippen molar-refractivity contribution in [2.75, 3.05) is 6.61 Å². The fourth-order valence-electron chi connectivity index (χ4n) is 3.02. The molecule has 3 aromatic carbocycles. The molecular formula is C24H26FNO2. The summed E-state index contributed by atoms with van der Waals surface area (Å²) in [4.78, 5) is 0. The summed E-state index contributed by atoms with van der Waals surface area (Å²) >= 11 is 0. The van der Waals surface area contributed by atoms with Gasteiger partial charge in [-0.1, -0.05) is 60.7 Å². The molecule has 146 valence electrons. The van der Waals surface area contributed by atoms with E-state index in [1.807, 2.05) is 43.3 Å². The summed E-state index contributed by atoms with van der Waals surface area (Å²) in [6.45, 7) is 5.36. The molecule has 4 heteroatoms. The molecule has 0 aliphatic rings. The summed E-state index contributed by atoms with van der Waals surface area (Å²) in [6.07, 6.45) is 0. The SMILES string of the molecule is CCOc1cccc(CN[C@H](C)c2ccccc2)c1OCc1ccccc1F. The molecule has 0 saturated heterocycles. The first kappa shape index (κ1) is 19.9. The van der Waals surface area contributed by atoms with Crippen LogP contribution in [0.5, 0.6) is 11.5 Å². The lowest BCUT2D eigenvalue weighted by Crippen LogP contribution is -2.18. The Morgan fingerprint density at radius 3 is 2.32 bits per heavy atom. The summed E-state index contributed by atoms with van der Waals surface area (Å²) in [5.74, 6) is 1.06. The summed E-state index contributed by atoms with van der Waals surface area (Å²) in [6, 6.07) is 23.0. The summed E-state index contributed by atoms with van der Waals surface area (Å²) in [7, 11) is 0. The maximum atomic E-state index is 14.0. The molecule has 0 unspecified atom stereocenters. The lowest BCUT2D eigenvalue weighted by molar-refractivity contribution is 0.262. The molecule has 3 aromatic rings. The van der Waals surface area contributed by atoms with Crippen LogP contribution in [0.25, 0.3) is 0 Å². The van der Waals surface area contributed by atoms with Gasteiger partial charge in [0.15, 0.2) is 11.5 Å². The number of hydrogen-bond donors (Lipinski definition) is 1. The largest absolute Gasteiger partial charge is 0.490 e. The highest BCUT2D eigenvalue weighted by atomic mass is 19.1. The van der Waals surface area contributed by atoms with E-state index >= 15 is 0 Å². The molecule has 0 heterocycles. The van der Waals surface area contributed by atoms with E-state index in [1.54, 1.807) is 18.2 Å². The van der Waals surface area contributed by atoms with Gasteiger partial charge in [0, 0.05) is 23.7 Å². The number of ether oxygens (including phenoxy) is 2. The molecule has 1 N–H and O–H groups in total. The minimum absolute atomic E-state index is 0.151. The van der Waals surface area contributed by atoms with Crippen molar-refractivity contribution >= 4 is 0 Å². The zero-order valence-electron chi connectivity index (χ0n) is 16.3. The maximum Gasteiger partial charge on any atom is 0.166 e. The van der Waals surface area contributed by atoms with Crippen LogP contribution in [0, 0.1) is 5.82 Å². The van der Waals surface area contributed by atoms with Crippen LogP contribution in [0.1, 0.15) is 36.6 Å². The average Bonchev–Trinajstić information content (AvgIpc) is 2.73. The molecule has 0 fully saturated rings. The van der Waals surface area contributed by atoms with E-state index in [2.05, 4.69) is 24.4 Å². The minimum atomic E-state index is -0.270. The lowest BCUT2D eigenvalue weighted by atomic mass is 10.1. The van der Waals surface area contributed by atoms with Crippen molar-refractivity contribution in [1.82, 2.24) is 5.32 Å². The first-order valence-corrected chi connectivity index (χ1v) is 9.58. The Hall–Kier alpha value is -2.85. The summed E-state index contributed by atoms with van der Waals surface area (Å²) < 4.78 is 25.7. The van der Waals surface area contributed by atoms with Gasteiger partial charge < -0.3 is 14.8 Å². The zero-order valence-corrected chi connectivity index (χ0v) is 16.3. The van der Waals surface area contributed by atoms with Gasteiger partial charge in [0.2, 0.25) is 0 Å². The Morgan fingerprint density at radius 2 is 1.57 bits per heavy atom. The second-order valence-electron chi connectivity index (χ2n) is 6.57. The van der Waals surface area contributed by atoms with Gasteiger partial charge >= 0.3 is 0 Å². The van der Waals surface area contributed by atoms with Gasteiger partial charge in [0.1, 0.15) is 12.4 Å². The molecule has 0 aromatic heterocycles. The average molecular weight is 379 g/mol. The normalized spacial score (nSPS) is 11.8. The lowest BCUT2D eigenvalue weighted by Gasteiger charge is -2.19. The van der Waals surface area contributed by atoms with Gasteiger partial charge in [-0.3, -0.25) is 0 Å². The monoisotopic (exact) mass is 379 g/mol. The van der Waals surface area contributed by atoms with E-state index < -0.39 is 0 Å². The molecule has 0 aliphatic heterocycles. The molecular weight excluding hydrogens is 353 g/mol. The Balaban J connectivity index is 1.76. The number of halogens is 1. The highest BCUT2D eigenvalue weighted by Crippen LogP contribution is 2.32. The van der Waals surface area contributed by atoms with Crippen LogP contribution >= 0.6 is 0 Å². The van der Waals surface area contributed by atoms with E-state index in [4.69, 9.17) is 9.47 Å². The Bertz CT molecular complexity index is 883. The Morgan fingerprint density at radius 1 is 0.857 bits per heavy atom. The zero-order chi connectivity index (χ0) is 19.8. The first-order valence-electron chi connectivity index (χ1n) is 9.58. The van der Waals surface area contributed by atoms with E-state index in [9.17, 15) is 4.39 Å². The van der Waals surface area contributed by atoms with E-state index in [-0.39, 0.29) is 18.5 Å². The van der Waals surface area contributed by atoms with Gasteiger partial charge in [-0.15, -0.1) is 0 Å². The second kappa shape index (κ2) is 9.90. The minimum Gasteiger partial charge on any atom is -0.490 e. The van der Waals surface area contributed by atoms with Crippen molar-refractivity contribution in [2.24, 2.45) is 0 Å². The molecule has 28 heavy (non-hydrogen) atoms. The predicted molar refractivity (Wildman–Crippen MR) is 110 cm³/mol. The number of para-hydroxylation sites is 1. The molecule has 0 aliphatic carbocycles. The van der Waals surface area contributed by atoms with Gasteiger partial charge in [0.05, 0.1) is 6.61 Å². The third-order valence-electron chi connectivity index (χ3n) is 4.59. The van der Waals surface area contributed by atoms with Crippen molar-refractivity contribution in [3.05, 3.63) is 95.3 Å². The molecule has 0 radical (unpaired) electrons. The van der Waals surface area contributed by atoms with Crippen molar-refractivity contribution in [3.8, 4) is 11.5 Å². The quantitative estimate of drug-likeness (QED) is 0.521. The van der Waals surface area contributed by atoms with Crippen LogP contribution < -0.4 is 14.8 Å². The van der Waals surface area contributed by atoms with Crippen LogP contribution in [0.15, 0.2) is 72.8 Å². The highest BCUT2D eigenvalue weighted by Gasteiger charge is 2.14. The molecule has 0 bridgehead atoms. The predicted octanol–water partition coefficient (Wildman–Crippen LogP) is 5.65. The highest BCUT2D eigenvalue weighted by molar-refractivity contribution is 5.47. The third kappa shape index (κ3) is 5.11. The van der Waals surface area contributed by atoms with E-state index in [0.717, 1.165) is 5.56 Å². The van der Waals surface area contributed by atoms with Crippen molar-refractivity contribution in [3.63, 3.8) is 0 Å². The number of nitrogens with one attached hydrogen (secondary N) is 1. The number of hydrogen-bond acceptors (Lipinski definition) is 3. The topological polar surface area (TPSA) is 30.5 Å². The third-order valence-corrected chi connectivity index (χ3v) is 4.59. The van der Waals surface area contributed by atoms with Crippen LogP contribution in [-0.4, -0.2) is 6.61 Å².